The van der Waals surface area contributed by atoms with Gasteiger partial charge in [-0.2, -0.15) is 13.2 Å². The van der Waals surface area contributed by atoms with Gasteiger partial charge in [-0.1, -0.05) is 26.2 Å². The van der Waals surface area contributed by atoms with E-state index < -0.39 is 20.6 Å². The van der Waals surface area contributed by atoms with Gasteiger partial charge in [0.15, 0.2) is 0 Å². The maximum atomic E-state index is 11.9. The van der Waals surface area contributed by atoms with Gasteiger partial charge in [-0.15, -0.1) is 0 Å². The van der Waals surface area contributed by atoms with Crippen LogP contribution in [0.15, 0.2) is 0 Å². The van der Waals surface area contributed by atoms with Crippen LogP contribution in [0.2, 0.25) is 0 Å². The highest BCUT2D eigenvalue weighted by molar-refractivity contribution is 7.39. The fourth-order valence-corrected chi connectivity index (χ4v) is 1.52. The number of hydrogen-bond donors (Lipinski definition) is 1. The van der Waals surface area contributed by atoms with Crippen LogP contribution in [0, 0.1) is 0 Å². The summed E-state index contributed by atoms with van der Waals surface area (Å²) in [5, 5.41) is 0. The van der Waals surface area contributed by atoms with Crippen molar-refractivity contribution < 1.29 is 27.8 Å². The first-order valence-electron chi connectivity index (χ1n) is 5.08. The first kappa shape index (κ1) is 16.6. The number of carbonyl (C=O) groups excluding carboxylic acids is 1. The minimum Gasteiger partial charge on any atom is -0.829 e. The van der Waals surface area contributed by atoms with Gasteiger partial charge in [-0.05, 0) is 6.42 Å². The van der Waals surface area contributed by atoms with Crippen LogP contribution in [0.1, 0.15) is 32.6 Å². The maximum Gasteiger partial charge on any atom is 0.472 e. The van der Waals surface area contributed by atoms with Gasteiger partial charge < -0.3 is 9.79 Å². The number of hydrazine groups is 1. The van der Waals surface area contributed by atoms with Crippen LogP contribution in [0.3, 0.4) is 0 Å². The molecule has 0 aromatic rings. The van der Waals surface area contributed by atoms with Crippen molar-refractivity contribution in [3.8, 4) is 0 Å². The fraction of sp³-hybridized carbons (Fsp3) is 0.875. The summed E-state index contributed by atoms with van der Waals surface area (Å²) in [4.78, 5) is 31.7. The van der Waals surface area contributed by atoms with E-state index in [4.69, 9.17) is 0 Å². The molecule has 0 aromatic heterocycles. The number of amides is 1. The van der Waals surface area contributed by atoms with E-state index in [0.717, 1.165) is 12.8 Å². The molecule has 0 aliphatic heterocycles. The third kappa shape index (κ3) is 7.49. The minimum atomic E-state index is -5.09. The average molecular weight is 274 g/mol. The summed E-state index contributed by atoms with van der Waals surface area (Å²) in [7, 11) is -3.26. The first-order valence-corrected chi connectivity index (χ1v) is 6.21. The summed E-state index contributed by atoms with van der Waals surface area (Å²) < 4.78 is 35.9. The summed E-state index contributed by atoms with van der Waals surface area (Å²) in [6.07, 6.45) is -2.23. The van der Waals surface area contributed by atoms with Crippen molar-refractivity contribution in [3.63, 3.8) is 0 Å². The molecule has 0 saturated heterocycles. The molecule has 0 atom stereocenters. The zero-order valence-corrected chi connectivity index (χ0v) is 10.2. The van der Waals surface area contributed by atoms with Crippen molar-refractivity contribution >= 4 is 14.4 Å². The van der Waals surface area contributed by atoms with Gasteiger partial charge in [0.05, 0.1) is 0 Å². The molecule has 0 heterocycles. The Bertz CT molecular complexity index is 239. The van der Waals surface area contributed by atoms with Crippen LogP contribution in [-0.4, -0.2) is 23.4 Å². The van der Waals surface area contributed by atoms with Gasteiger partial charge >= 0.3 is 12.1 Å². The summed E-state index contributed by atoms with van der Waals surface area (Å²) in [6.45, 7) is 1.79. The molecule has 1 amide bonds. The van der Waals surface area contributed by atoms with Crippen molar-refractivity contribution in [2.45, 2.75) is 38.8 Å². The molecule has 0 rings (SSSR count). The van der Waals surface area contributed by atoms with Crippen molar-refractivity contribution in [2.75, 3.05) is 6.54 Å². The first-order chi connectivity index (χ1) is 7.79. The summed E-state index contributed by atoms with van der Waals surface area (Å²) in [5.41, 5.74) is 1.31. The Morgan fingerprint density at radius 1 is 1.29 bits per heavy atom. The second-order valence-corrected chi connectivity index (χ2v) is 4.32. The van der Waals surface area contributed by atoms with Gasteiger partial charge in [0, 0.05) is 6.54 Å². The second kappa shape index (κ2) is 7.81. The Labute approximate surface area is 98.5 Å². The summed E-state index contributed by atoms with van der Waals surface area (Å²) >= 11 is 0. The number of alkyl halides is 3. The van der Waals surface area contributed by atoms with Crippen LogP contribution >= 0.6 is 8.53 Å². The van der Waals surface area contributed by atoms with Gasteiger partial charge in [0.1, 0.15) is 0 Å². The van der Waals surface area contributed by atoms with Crippen LogP contribution in [0.4, 0.5) is 13.2 Å². The smallest absolute Gasteiger partial charge is 0.472 e. The molecule has 0 aliphatic carbocycles. The number of nitrogens with zero attached hydrogens (tertiary/aromatic N) is 1. The highest BCUT2D eigenvalue weighted by Crippen LogP contribution is 2.21. The fourth-order valence-electron chi connectivity index (χ4n) is 1.05. The number of hydrogen-bond acceptors (Lipinski definition) is 4. The molecule has 0 bridgehead atoms. The molecule has 5 nitrogen and oxygen atoms in total. The van der Waals surface area contributed by atoms with E-state index in [1.54, 1.807) is 0 Å². The quantitative estimate of drug-likeness (QED) is 0.414. The van der Waals surface area contributed by atoms with Crippen LogP contribution in [0.5, 0.6) is 0 Å². The number of halogens is 3. The maximum absolute atomic E-state index is 11.9. The third-order valence-electron chi connectivity index (χ3n) is 1.91. The molecular weight excluding hydrogens is 260 g/mol. The molecule has 102 valence electrons. The Hall–Kier alpha value is -0.430. The van der Waals surface area contributed by atoms with Gasteiger partial charge in [-0.25, -0.2) is 13.3 Å². The topological polar surface area (TPSA) is 78.5 Å². The van der Waals surface area contributed by atoms with E-state index in [1.165, 1.54) is 5.43 Å². The lowest BCUT2D eigenvalue weighted by atomic mass is 10.2. The lowest BCUT2D eigenvalue weighted by molar-refractivity contribution is -0.309. The van der Waals surface area contributed by atoms with Gasteiger partial charge in [-0.3, -0.25) is 10.2 Å². The predicted molar refractivity (Wildman–Crippen MR) is 52.0 cm³/mol. The Morgan fingerprint density at radius 3 is 2.29 bits per heavy atom. The van der Waals surface area contributed by atoms with E-state index in [1.807, 2.05) is 6.92 Å². The van der Waals surface area contributed by atoms with E-state index in [0.29, 0.717) is 17.6 Å². The highest BCUT2D eigenvalue weighted by Gasteiger charge is 2.39. The molecule has 0 saturated carbocycles. The second-order valence-electron chi connectivity index (χ2n) is 3.36. The monoisotopic (exact) mass is 274 g/mol. The standard InChI is InChI=1S/C8H14F3N2O3P/c1-2-3-4-5-6-13(17(15)16)12-7(14)8(9,10)11/h2-6H2,1H3,(H,12,14)/q-2. The molecule has 0 aromatic carbocycles. The van der Waals surface area contributed by atoms with Crippen molar-refractivity contribution in [3.05, 3.63) is 0 Å². The largest absolute Gasteiger partial charge is 0.829 e. The van der Waals surface area contributed by atoms with E-state index >= 15 is 0 Å². The Balaban J connectivity index is 4.12. The van der Waals surface area contributed by atoms with E-state index in [9.17, 15) is 27.8 Å². The van der Waals surface area contributed by atoms with Crippen LogP contribution in [0.25, 0.3) is 0 Å². The Morgan fingerprint density at radius 2 is 1.88 bits per heavy atom. The molecule has 0 radical (unpaired) electrons. The number of carbonyl (C=O) groups is 1. The lowest BCUT2D eigenvalue weighted by Gasteiger charge is -2.42. The van der Waals surface area contributed by atoms with Gasteiger partial charge in [0.2, 0.25) is 0 Å². The number of rotatable bonds is 7. The SMILES string of the molecule is CCCCCCN(NC(=O)C(F)(F)F)P([O-])[O-]. The van der Waals surface area contributed by atoms with Crippen LogP contribution in [-0.2, 0) is 4.79 Å². The molecule has 0 fully saturated rings. The number of nitrogens with one attached hydrogen (secondary N) is 1. The van der Waals surface area contributed by atoms with Crippen molar-refractivity contribution in [1.82, 2.24) is 10.2 Å². The molecule has 17 heavy (non-hydrogen) atoms. The summed E-state index contributed by atoms with van der Waals surface area (Å²) in [6, 6.07) is 0. The molecule has 0 aliphatic rings. The molecule has 0 unspecified atom stereocenters. The molecule has 1 N–H and O–H groups in total. The zero-order valence-electron chi connectivity index (χ0n) is 9.29. The zero-order chi connectivity index (χ0) is 13.5. The summed E-state index contributed by atoms with van der Waals surface area (Å²) in [5.74, 6) is -2.29. The van der Waals surface area contributed by atoms with Crippen molar-refractivity contribution in [2.24, 2.45) is 0 Å². The molecule has 9 heteroatoms. The Kier molecular flexibility index (Phi) is 7.61. The van der Waals surface area contributed by atoms with E-state index in [-0.39, 0.29) is 6.54 Å². The lowest BCUT2D eigenvalue weighted by Crippen LogP contribution is -2.49. The average Bonchev–Trinajstić information content (AvgIpc) is 2.20. The number of unbranched alkanes of at least 4 members (excludes halogenated alkanes) is 3. The molecular formula is C8H14F3N2O3P-2. The van der Waals surface area contributed by atoms with Crippen molar-refractivity contribution in [1.29, 1.82) is 0 Å². The van der Waals surface area contributed by atoms with Gasteiger partial charge in [0.25, 0.3) is 0 Å². The van der Waals surface area contributed by atoms with Crippen LogP contribution < -0.4 is 15.2 Å². The highest BCUT2D eigenvalue weighted by atomic mass is 31.2. The normalized spacial score (nSPS) is 12.2. The predicted octanol–water partition coefficient (Wildman–Crippen LogP) is 0.410. The van der Waals surface area contributed by atoms with E-state index in [2.05, 4.69) is 0 Å². The molecule has 0 spiro atoms. The third-order valence-corrected chi connectivity index (χ3v) is 2.60. The minimum absolute atomic E-state index is 0.152.